The van der Waals surface area contributed by atoms with E-state index < -0.39 is 0 Å². The molecule has 0 spiro atoms. The lowest BCUT2D eigenvalue weighted by Crippen LogP contribution is -2.30. The highest BCUT2D eigenvalue weighted by Crippen LogP contribution is 2.23. The maximum Gasteiger partial charge on any atom is 0.264 e. The summed E-state index contributed by atoms with van der Waals surface area (Å²) in [5, 5.41) is 6.90. The van der Waals surface area contributed by atoms with E-state index in [1.54, 1.807) is 18.7 Å². The summed E-state index contributed by atoms with van der Waals surface area (Å²) in [4.78, 5) is 31.5. The molecular formula is C25H24N4O3S. The molecule has 7 nitrogen and oxygen atoms in total. The first-order valence-corrected chi connectivity index (χ1v) is 11.6. The van der Waals surface area contributed by atoms with E-state index in [-0.39, 0.29) is 23.9 Å². The molecule has 4 rings (SSSR count). The van der Waals surface area contributed by atoms with E-state index in [4.69, 9.17) is 4.52 Å². The van der Waals surface area contributed by atoms with Crippen LogP contribution in [0.4, 0.5) is 5.69 Å². The lowest BCUT2D eigenvalue weighted by Gasteiger charge is -2.13. The molecular weight excluding hydrogens is 436 g/mol. The largest absolute Gasteiger partial charge is 0.333 e. The molecule has 0 atom stereocenters. The number of rotatable bonds is 6. The molecule has 8 heteroatoms. The Morgan fingerprint density at radius 2 is 1.85 bits per heavy atom. The van der Waals surface area contributed by atoms with Gasteiger partial charge >= 0.3 is 0 Å². The quantitative estimate of drug-likeness (QED) is 0.414. The summed E-state index contributed by atoms with van der Waals surface area (Å²) in [5.74, 6) is 0.247. The van der Waals surface area contributed by atoms with Crippen molar-refractivity contribution in [3.63, 3.8) is 0 Å². The molecule has 0 radical (unpaired) electrons. The standard InChI is InChI=1S/C25H24N4O3S/c1-15-8-10-18(11-9-15)23-27-24(32-28-23)22-16(2)12-17(3)29(25(22)31)14-21(30)26-19-6-5-7-20(13-19)33-4/h5-13H,14H2,1-4H3,(H,26,30). The molecule has 0 saturated heterocycles. The van der Waals surface area contributed by atoms with Gasteiger partial charge in [0, 0.05) is 21.8 Å². The zero-order valence-electron chi connectivity index (χ0n) is 18.9. The Labute approximate surface area is 195 Å². The number of anilines is 1. The minimum Gasteiger partial charge on any atom is -0.333 e. The van der Waals surface area contributed by atoms with E-state index >= 15 is 0 Å². The molecule has 168 valence electrons. The van der Waals surface area contributed by atoms with Crippen molar-refractivity contribution in [3.05, 3.63) is 81.8 Å². The van der Waals surface area contributed by atoms with Crippen LogP contribution in [0.1, 0.15) is 16.8 Å². The molecule has 2 aromatic heterocycles. The fourth-order valence-corrected chi connectivity index (χ4v) is 4.03. The van der Waals surface area contributed by atoms with Gasteiger partial charge in [-0.2, -0.15) is 4.98 Å². The molecule has 2 aromatic carbocycles. The molecule has 0 fully saturated rings. The summed E-state index contributed by atoms with van der Waals surface area (Å²) in [6, 6.07) is 17.1. The van der Waals surface area contributed by atoms with Gasteiger partial charge < -0.3 is 14.4 Å². The molecule has 1 amide bonds. The van der Waals surface area contributed by atoms with Crippen LogP contribution in [-0.4, -0.2) is 26.9 Å². The number of hydrogen-bond donors (Lipinski definition) is 1. The number of benzene rings is 2. The van der Waals surface area contributed by atoms with Crippen LogP contribution in [0.5, 0.6) is 0 Å². The van der Waals surface area contributed by atoms with Gasteiger partial charge in [0.2, 0.25) is 11.7 Å². The Morgan fingerprint density at radius 1 is 1.09 bits per heavy atom. The third kappa shape index (κ3) is 4.90. The molecule has 0 unspecified atom stereocenters. The van der Waals surface area contributed by atoms with Gasteiger partial charge in [-0.25, -0.2) is 0 Å². The topological polar surface area (TPSA) is 90.0 Å². The van der Waals surface area contributed by atoms with E-state index in [1.807, 2.05) is 74.7 Å². The smallest absolute Gasteiger partial charge is 0.264 e. The summed E-state index contributed by atoms with van der Waals surface area (Å²) in [5.41, 5.74) is 3.94. The maximum absolute atomic E-state index is 13.3. The maximum atomic E-state index is 13.3. The van der Waals surface area contributed by atoms with Crippen molar-refractivity contribution >= 4 is 23.4 Å². The molecule has 0 aliphatic rings. The van der Waals surface area contributed by atoms with Crippen molar-refractivity contribution < 1.29 is 9.32 Å². The highest BCUT2D eigenvalue weighted by Gasteiger charge is 2.20. The van der Waals surface area contributed by atoms with Crippen LogP contribution in [0.2, 0.25) is 0 Å². The zero-order valence-corrected chi connectivity index (χ0v) is 19.7. The average Bonchev–Trinajstić information content (AvgIpc) is 3.26. The van der Waals surface area contributed by atoms with Crippen LogP contribution >= 0.6 is 11.8 Å². The second-order valence-corrected chi connectivity index (χ2v) is 8.68. The highest BCUT2D eigenvalue weighted by atomic mass is 32.2. The summed E-state index contributed by atoms with van der Waals surface area (Å²) in [6.07, 6.45) is 1.97. The first-order chi connectivity index (χ1) is 15.9. The van der Waals surface area contributed by atoms with Gasteiger partial charge in [-0.1, -0.05) is 41.1 Å². The summed E-state index contributed by atoms with van der Waals surface area (Å²) >= 11 is 1.59. The van der Waals surface area contributed by atoms with Crippen LogP contribution in [-0.2, 0) is 11.3 Å². The summed E-state index contributed by atoms with van der Waals surface area (Å²) in [7, 11) is 0. The Balaban J connectivity index is 1.63. The van der Waals surface area contributed by atoms with Crippen LogP contribution in [0.25, 0.3) is 22.8 Å². The van der Waals surface area contributed by atoms with E-state index in [1.165, 1.54) is 4.57 Å². The normalized spacial score (nSPS) is 10.9. The Bertz CT molecular complexity index is 1370. The fraction of sp³-hybridized carbons (Fsp3) is 0.200. The predicted octanol–water partition coefficient (Wildman–Crippen LogP) is 4.85. The SMILES string of the molecule is CSc1cccc(NC(=O)Cn2c(C)cc(C)c(-c3nc(-c4ccc(C)cc4)no3)c2=O)c1. The minimum atomic E-state index is -0.348. The molecule has 0 aliphatic carbocycles. The Kier molecular flexibility index (Phi) is 6.46. The van der Waals surface area contributed by atoms with Crippen LogP contribution in [0, 0.1) is 20.8 Å². The number of aromatic nitrogens is 3. The molecule has 4 aromatic rings. The van der Waals surface area contributed by atoms with E-state index in [2.05, 4.69) is 15.5 Å². The molecule has 0 aliphatic heterocycles. The van der Waals surface area contributed by atoms with Gasteiger partial charge in [-0.15, -0.1) is 11.8 Å². The number of amides is 1. The predicted molar refractivity (Wildman–Crippen MR) is 130 cm³/mol. The lowest BCUT2D eigenvalue weighted by atomic mass is 10.1. The van der Waals surface area contributed by atoms with Crippen LogP contribution < -0.4 is 10.9 Å². The fourth-order valence-electron chi connectivity index (χ4n) is 3.57. The third-order valence-electron chi connectivity index (χ3n) is 5.31. The molecule has 0 bridgehead atoms. The summed E-state index contributed by atoms with van der Waals surface area (Å²) in [6.45, 7) is 5.49. The first kappa shape index (κ1) is 22.5. The lowest BCUT2D eigenvalue weighted by molar-refractivity contribution is -0.116. The van der Waals surface area contributed by atoms with Gasteiger partial charge in [0.25, 0.3) is 11.4 Å². The number of hydrogen-bond acceptors (Lipinski definition) is 6. The van der Waals surface area contributed by atoms with E-state index in [9.17, 15) is 9.59 Å². The average molecular weight is 461 g/mol. The van der Waals surface area contributed by atoms with Gasteiger partial charge in [0.15, 0.2) is 0 Å². The molecule has 0 saturated carbocycles. The number of pyridine rings is 1. The second-order valence-electron chi connectivity index (χ2n) is 7.80. The number of nitrogens with one attached hydrogen (secondary N) is 1. The van der Waals surface area contributed by atoms with Crippen molar-refractivity contribution in [2.75, 3.05) is 11.6 Å². The molecule has 33 heavy (non-hydrogen) atoms. The van der Waals surface area contributed by atoms with Crippen LogP contribution in [0.15, 0.2) is 68.8 Å². The zero-order chi connectivity index (χ0) is 23.5. The molecule has 2 heterocycles. The number of carbonyl (C=O) groups is 1. The monoisotopic (exact) mass is 460 g/mol. The summed E-state index contributed by atoms with van der Waals surface area (Å²) < 4.78 is 6.86. The second kappa shape index (κ2) is 9.46. The number of nitrogens with zero attached hydrogens (tertiary/aromatic N) is 3. The van der Waals surface area contributed by atoms with Gasteiger partial charge in [0.1, 0.15) is 12.1 Å². The van der Waals surface area contributed by atoms with Gasteiger partial charge in [-0.05, 0) is 56.9 Å². The number of carbonyl (C=O) groups excluding carboxylic acids is 1. The Hall–Kier alpha value is -3.65. The number of aryl methyl sites for hydroxylation is 3. The molecule has 1 N–H and O–H groups in total. The number of thioether (sulfide) groups is 1. The van der Waals surface area contributed by atoms with Gasteiger partial charge in [-0.3, -0.25) is 9.59 Å². The van der Waals surface area contributed by atoms with Crippen molar-refractivity contribution in [1.29, 1.82) is 0 Å². The van der Waals surface area contributed by atoms with E-state index in [0.29, 0.717) is 28.3 Å². The van der Waals surface area contributed by atoms with Crippen LogP contribution in [0.3, 0.4) is 0 Å². The van der Waals surface area contributed by atoms with Crippen molar-refractivity contribution in [1.82, 2.24) is 14.7 Å². The van der Waals surface area contributed by atoms with Crippen molar-refractivity contribution in [2.24, 2.45) is 0 Å². The third-order valence-corrected chi connectivity index (χ3v) is 6.03. The van der Waals surface area contributed by atoms with Gasteiger partial charge in [0.05, 0.1) is 0 Å². The van der Waals surface area contributed by atoms with Crippen molar-refractivity contribution in [2.45, 2.75) is 32.2 Å². The Morgan fingerprint density at radius 3 is 2.58 bits per heavy atom. The first-order valence-electron chi connectivity index (χ1n) is 10.4. The van der Waals surface area contributed by atoms with Crippen molar-refractivity contribution in [3.8, 4) is 22.8 Å². The minimum absolute atomic E-state index is 0.125. The van der Waals surface area contributed by atoms with E-state index in [0.717, 1.165) is 16.0 Å². The highest BCUT2D eigenvalue weighted by molar-refractivity contribution is 7.98.